The van der Waals surface area contributed by atoms with Crippen molar-refractivity contribution in [3.8, 4) is 11.1 Å². The standard InChI is InChI=1S/C17H24N4O2/c1-19-13-5-11(6-14(8-13)20-2)16-7-12(18)3-4-17(16)21-9-15(23)10-22/h3-8,15,19-23H,9-10,18H2,1-2H3. The Morgan fingerprint density at radius 2 is 1.70 bits per heavy atom. The molecule has 0 heterocycles. The molecule has 1 atom stereocenters. The Hall–Kier alpha value is -2.44. The number of hydrogen-bond donors (Lipinski definition) is 6. The maximum atomic E-state index is 9.54. The summed E-state index contributed by atoms with van der Waals surface area (Å²) >= 11 is 0. The van der Waals surface area contributed by atoms with Crippen molar-refractivity contribution in [2.24, 2.45) is 0 Å². The van der Waals surface area contributed by atoms with E-state index >= 15 is 0 Å². The van der Waals surface area contributed by atoms with Crippen molar-refractivity contribution in [2.45, 2.75) is 6.10 Å². The molecule has 0 aliphatic heterocycles. The zero-order valence-corrected chi connectivity index (χ0v) is 13.4. The van der Waals surface area contributed by atoms with Crippen molar-refractivity contribution in [3.05, 3.63) is 36.4 Å². The molecule has 0 spiro atoms. The highest BCUT2D eigenvalue weighted by molar-refractivity contribution is 5.84. The van der Waals surface area contributed by atoms with Gasteiger partial charge in [-0.1, -0.05) is 0 Å². The molecular formula is C17H24N4O2. The number of aliphatic hydroxyl groups excluding tert-OH is 2. The van der Waals surface area contributed by atoms with Gasteiger partial charge < -0.3 is 31.9 Å². The van der Waals surface area contributed by atoms with Crippen LogP contribution in [0.1, 0.15) is 0 Å². The first-order valence-corrected chi connectivity index (χ1v) is 7.50. The third-order valence-corrected chi connectivity index (χ3v) is 3.60. The topological polar surface area (TPSA) is 103 Å². The number of nitrogens with one attached hydrogen (secondary N) is 3. The summed E-state index contributed by atoms with van der Waals surface area (Å²) in [6.45, 7) is -0.0194. The van der Waals surface area contributed by atoms with Crippen LogP contribution in [0.15, 0.2) is 36.4 Å². The number of nitrogen functional groups attached to an aromatic ring is 1. The van der Waals surface area contributed by atoms with Gasteiger partial charge in [-0.25, -0.2) is 0 Å². The Morgan fingerprint density at radius 3 is 2.26 bits per heavy atom. The minimum Gasteiger partial charge on any atom is -0.399 e. The average molecular weight is 316 g/mol. The molecule has 0 saturated heterocycles. The third-order valence-electron chi connectivity index (χ3n) is 3.60. The summed E-state index contributed by atoms with van der Waals surface area (Å²) in [6.07, 6.45) is -0.808. The van der Waals surface area contributed by atoms with Gasteiger partial charge in [0, 0.05) is 49.0 Å². The maximum Gasteiger partial charge on any atom is 0.0942 e. The van der Waals surface area contributed by atoms with Gasteiger partial charge >= 0.3 is 0 Å². The normalized spacial score (nSPS) is 11.8. The van der Waals surface area contributed by atoms with Crippen molar-refractivity contribution >= 4 is 22.7 Å². The number of aliphatic hydroxyl groups is 2. The molecule has 6 heteroatoms. The summed E-state index contributed by atoms with van der Waals surface area (Å²) < 4.78 is 0. The fraction of sp³-hybridized carbons (Fsp3) is 0.294. The SMILES string of the molecule is CNc1cc(NC)cc(-c2cc(N)ccc2NCC(O)CO)c1. The van der Waals surface area contributed by atoms with Crippen LogP contribution in [-0.4, -0.2) is 43.6 Å². The van der Waals surface area contributed by atoms with Gasteiger partial charge in [-0.05, 0) is 42.0 Å². The van der Waals surface area contributed by atoms with Gasteiger partial charge in [0.1, 0.15) is 0 Å². The Kier molecular flexibility index (Phi) is 5.67. The van der Waals surface area contributed by atoms with E-state index in [-0.39, 0.29) is 13.2 Å². The van der Waals surface area contributed by atoms with E-state index in [1.165, 1.54) is 0 Å². The monoisotopic (exact) mass is 316 g/mol. The van der Waals surface area contributed by atoms with E-state index < -0.39 is 6.10 Å². The lowest BCUT2D eigenvalue weighted by molar-refractivity contribution is 0.105. The van der Waals surface area contributed by atoms with E-state index in [0.29, 0.717) is 5.69 Å². The number of rotatable bonds is 7. The van der Waals surface area contributed by atoms with Crippen molar-refractivity contribution in [3.63, 3.8) is 0 Å². The highest BCUT2D eigenvalue weighted by Crippen LogP contribution is 2.33. The molecule has 2 aromatic carbocycles. The van der Waals surface area contributed by atoms with Crippen molar-refractivity contribution in [1.29, 1.82) is 0 Å². The first-order chi connectivity index (χ1) is 11.1. The van der Waals surface area contributed by atoms with Crippen molar-refractivity contribution in [2.75, 3.05) is 48.9 Å². The zero-order chi connectivity index (χ0) is 16.8. The molecule has 0 aliphatic carbocycles. The highest BCUT2D eigenvalue weighted by Gasteiger charge is 2.10. The summed E-state index contributed by atoms with van der Waals surface area (Å²) in [7, 11) is 3.74. The van der Waals surface area contributed by atoms with Gasteiger partial charge in [0.15, 0.2) is 0 Å². The van der Waals surface area contributed by atoms with Gasteiger partial charge in [0.2, 0.25) is 0 Å². The summed E-state index contributed by atoms with van der Waals surface area (Å²) in [5.74, 6) is 0. The Balaban J connectivity index is 2.43. The molecule has 124 valence electrons. The number of anilines is 4. The second-order valence-corrected chi connectivity index (χ2v) is 5.32. The minimum atomic E-state index is -0.808. The summed E-state index contributed by atoms with van der Waals surface area (Å²) in [6, 6.07) is 11.6. The lowest BCUT2D eigenvalue weighted by Gasteiger charge is -2.17. The van der Waals surface area contributed by atoms with Crippen LogP contribution >= 0.6 is 0 Å². The van der Waals surface area contributed by atoms with Crippen LogP contribution in [0.25, 0.3) is 11.1 Å². The fourth-order valence-corrected chi connectivity index (χ4v) is 2.32. The molecule has 0 bridgehead atoms. The average Bonchev–Trinajstić information content (AvgIpc) is 2.59. The Morgan fingerprint density at radius 1 is 1.04 bits per heavy atom. The molecule has 1 unspecified atom stereocenters. The van der Waals surface area contributed by atoms with Gasteiger partial charge in [0.05, 0.1) is 12.7 Å². The van der Waals surface area contributed by atoms with Crippen LogP contribution in [-0.2, 0) is 0 Å². The van der Waals surface area contributed by atoms with Gasteiger partial charge in [-0.2, -0.15) is 0 Å². The van der Waals surface area contributed by atoms with E-state index in [2.05, 4.69) is 16.0 Å². The van der Waals surface area contributed by atoms with Crippen molar-refractivity contribution < 1.29 is 10.2 Å². The molecule has 0 saturated carbocycles. The van der Waals surface area contributed by atoms with Gasteiger partial charge in [0.25, 0.3) is 0 Å². The molecule has 0 amide bonds. The van der Waals surface area contributed by atoms with Crippen LogP contribution in [0.4, 0.5) is 22.7 Å². The lowest BCUT2D eigenvalue weighted by atomic mass is 10.0. The van der Waals surface area contributed by atoms with E-state index in [1.807, 2.05) is 44.4 Å². The van der Waals surface area contributed by atoms with E-state index in [1.54, 1.807) is 6.07 Å². The van der Waals surface area contributed by atoms with Crippen LogP contribution < -0.4 is 21.7 Å². The van der Waals surface area contributed by atoms with Crippen LogP contribution in [0.2, 0.25) is 0 Å². The summed E-state index contributed by atoms with van der Waals surface area (Å²) in [5.41, 5.74) is 11.3. The predicted molar refractivity (Wildman–Crippen MR) is 97.0 cm³/mol. The quantitative estimate of drug-likeness (QED) is 0.435. The minimum absolute atomic E-state index is 0.262. The largest absolute Gasteiger partial charge is 0.399 e. The zero-order valence-electron chi connectivity index (χ0n) is 13.4. The maximum absolute atomic E-state index is 9.54. The predicted octanol–water partition coefficient (Wildman–Crippen LogP) is 1.78. The van der Waals surface area contributed by atoms with Crippen molar-refractivity contribution in [1.82, 2.24) is 0 Å². The molecule has 0 aromatic heterocycles. The van der Waals surface area contributed by atoms with Gasteiger partial charge in [-0.3, -0.25) is 0 Å². The summed E-state index contributed by atoms with van der Waals surface area (Å²) in [5, 5.41) is 27.9. The second-order valence-electron chi connectivity index (χ2n) is 5.32. The fourth-order valence-electron chi connectivity index (χ4n) is 2.32. The molecule has 7 N–H and O–H groups in total. The second kappa shape index (κ2) is 7.71. The first-order valence-electron chi connectivity index (χ1n) is 7.50. The third kappa shape index (κ3) is 4.28. The molecule has 23 heavy (non-hydrogen) atoms. The van der Waals surface area contributed by atoms with E-state index in [0.717, 1.165) is 28.2 Å². The molecule has 6 nitrogen and oxygen atoms in total. The Labute approximate surface area is 136 Å². The number of benzene rings is 2. The smallest absolute Gasteiger partial charge is 0.0942 e. The number of nitrogens with two attached hydrogens (primary N) is 1. The summed E-state index contributed by atoms with van der Waals surface area (Å²) in [4.78, 5) is 0. The highest BCUT2D eigenvalue weighted by atomic mass is 16.3. The lowest BCUT2D eigenvalue weighted by Crippen LogP contribution is -2.23. The molecule has 2 aromatic rings. The molecule has 0 aliphatic rings. The molecule has 0 radical (unpaired) electrons. The first kappa shape index (κ1) is 16.9. The molecule has 2 rings (SSSR count). The van der Waals surface area contributed by atoms with E-state index in [4.69, 9.17) is 10.8 Å². The Bertz CT molecular complexity index is 639. The van der Waals surface area contributed by atoms with Gasteiger partial charge in [-0.15, -0.1) is 0 Å². The molecule has 0 fully saturated rings. The van der Waals surface area contributed by atoms with Crippen LogP contribution in [0.5, 0.6) is 0 Å². The molecular weight excluding hydrogens is 292 g/mol. The van der Waals surface area contributed by atoms with Crippen LogP contribution in [0.3, 0.4) is 0 Å². The van der Waals surface area contributed by atoms with Crippen LogP contribution in [0, 0.1) is 0 Å². The van der Waals surface area contributed by atoms with E-state index in [9.17, 15) is 5.11 Å². The number of hydrogen-bond acceptors (Lipinski definition) is 6.